The second-order valence-electron chi connectivity index (χ2n) is 4.47. The highest BCUT2D eigenvalue weighted by Gasteiger charge is 2.08. The zero-order valence-electron chi connectivity index (χ0n) is 10.7. The Morgan fingerprint density at radius 3 is 2.74 bits per heavy atom. The topological polar surface area (TPSA) is 50.9 Å². The molecule has 0 spiro atoms. The van der Waals surface area contributed by atoms with Gasteiger partial charge in [-0.2, -0.15) is 0 Å². The number of nitrogens with zero attached hydrogens (tertiary/aromatic N) is 3. The zero-order chi connectivity index (χ0) is 13.2. The number of benzene rings is 1. The number of aliphatic hydroxyl groups is 1. The summed E-state index contributed by atoms with van der Waals surface area (Å²) in [6.07, 6.45) is 3.73. The number of aliphatic hydroxyl groups excluding tert-OH is 1. The fourth-order valence-corrected chi connectivity index (χ4v) is 2.11. The Kier molecular flexibility index (Phi) is 3.01. The Labute approximate surface area is 111 Å². The molecule has 3 aromatic rings. The molecule has 96 valence electrons. The molecule has 0 aliphatic carbocycles. The predicted octanol–water partition coefficient (Wildman–Crippen LogP) is 2.86. The van der Waals surface area contributed by atoms with Crippen LogP contribution in [0.25, 0.3) is 16.7 Å². The van der Waals surface area contributed by atoms with Crippen LogP contribution < -0.4 is 0 Å². The van der Waals surface area contributed by atoms with Gasteiger partial charge in [-0.05, 0) is 30.7 Å². The Morgan fingerprint density at radius 1 is 1.16 bits per heavy atom. The van der Waals surface area contributed by atoms with Crippen LogP contribution in [0.2, 0.25) is 0 Å². The van der Waals surface area contributed by atoms with Gasteiger partial charge in [0.1, 0.15) is 6.33 Å². The lowest BCUT2D eigenvalue weighted by Gasteiger charge is -2.08. The number of rotatable bonds is 3. The van der Waals surface area contributed by atoms with Gasteiger partial charge < -0.3 is 5.11 Å². The van der Waals surface area contributed by atoms with E-state index in [9.17, 15) is 5.11 Å². The normalized spacial score (nSPS) is 12.7. The Balaban J connectivity index is 2.02. The molecule has 0 saturated carbocycles. The Bertz CT molecular complexity index is 688. The summed E-state index contributed by atoms with van der Waals surface area (Å²) in [5.41, 5.74) is 3.66. The van der Waals surface area contributed by atoms with Crippen molar-refractivity contribution in [1.29, 1.82) is 0 Å². The first-order chi connectivity index (χ1) is 9.29. The molecule has 0 saturated heterocycles. The van der Waals surface area contributed by atoms with Crippen LogP contribution in [-0.2, 0) is 0 Å². The van der Waals surface area contributed by atoms with E-state index in [1.165, 1.54) is 0 Å². The van der Waals surface area contributed by atoms with Crippen molar-refractivity contribution in [3.05, 3.63) is 54.6 Å². The summed E-state index contributed by atoms with van der Waals surface area (Å²) in [5.74, 6) is 0. The van der Waals surface area contributed by atoms with Crippen molar-refractivity contribution in [1.82, 2.24) is 14.5 Å². The van der Waals surface area contributed by atoms with Gasteiger partial charge in [0.2, 0.25) is 0 Å². The summed E-state index contributed by atoms with van der Waals surface area (Å²) in [4.78, 5) is 8.67. The number of pyridine rings is 1. The molecular formula is C15H15N3O. The minimum atomic E-state index is -0.492. The fraction of sp³-hybridized carbons (Fsp3) is 0.200. The van der Waals surface area contributed by atoms with E-state index in [1.807, 2.05) is 47.9 Å². The first-order valence-corrected chi connectivity index (χ1v) is 6.36. The summed E-state index contributed by atoms with van der Waals surface area (Å²) in [6.45, 7) is 1.93. The van der Waals surface area contributed by atoms with Crippen molar-refractivity contribution in [3.63, 3.8) is 0 Å². The van der Waals surface area contributed by atoms with Crippen LogP contribution in [0.1, 0.15) is 25.1 Å². The molecule has 0 radical (unpaired) electrons. The number of aromatic nitrogens is 3. The van der Waals surface area contributed by atoms with Gasteiger partial charge in [-0.15, -0.1) is 0 Å². The SMILES string of the molecule is CCC(O)c1ccc(-n2cnc3ccccc32)cn1. The molecule has 1 aromatic carbocycles. The van der Waals surface area contributed by atoms with Crippen LogP contribution in [0, 0.1) is 0 Å². The molecule has 0 aliphatic rings. The van der Waals surface area contributed by atoms with Gasteiger partial charge in [0.15, 0.2) is 0 Å². The number of hydrogen-bond donors (Lipinski definition) is 1. The maximum Gasteiger partial charge on any atom is 0.100 e. The third kappa shape index (κ3) is 2.11. The molecule has 4 heteroatoms. The summed E-state index contributed by atoms with van der Waals surface area (Å²) in [7, 11) is 0. The zero-order valence-corrected chi connectivity index (χ0v) is 10.7. The molecule has 19 heavy (non-hydrogen) atoms. The summed E-state index contributed by atoms with van der Waals surface area (Å²) in [6, 6.07) is 11.8. The minimum absolute atomic E-state index is 0.492. The van der Waals surface area contributed by atoms with E-state index in [0.717, 1.165) is 16.7 Å². The third-order valence-electron chi connectivity index (χ3n) is 3.23. The smallest absolute Gasteiger partial charge is 0.100 e. The van der Waals surface area contributed by atoms with Gasteiger partial charge in [0, 0.05) is 0 Å². The number of hydrogen-bond acceptors (Lipinski definition) is 3. The molecule has 1 N–H and O–H groups in total. The summed E-state index contributed by atoms with van der Waals surface area (Å²) >= 11 is 0. The van der Waals surface area contributed by atoms with E-state index < -0.39 is 6.10 Å². The van der Waals surface area contributed by atoms with Gasteiger partial charge in [0.05, 0.1) is 34.7 Å². The molecule has 0 fully saturated rings. The van der Waals surface area contributed by atoms with Crippen LogP contribution in [0.5, 0.6) is 0 Å². The molecule has 2 aromatic heterocycles. The fourth-order valence-electron chi connectivity index (χ4n) is 2.11. The molecule has 4 nitrogen and oxygen atoms in total. The van der Waals surface area contributed by atoms with Crippen molar-refractivity contribution in [2.75, 3.05) is 0 Å². The van der Waals surface area contributed by atoms with Crippen molar-refractivity contribution in [2.45, 2.75) is 19.4 Å². The molecule has 0 amide bonds. The summed E-state index contributed by atoms with van der Waals surface area (Å²) in [5, 5.41) is 9.74. The number of para-hydroxylation sites is 2. The lowest BCUT2D eigenvalue weighted by molar-refractivity contribution is 0.169. The third-order valence-corrected chi connectivity index (χ3v) is 3.23. The maximum absolute atomic E-state index is 9.74. The lowest BCUT2D eigenvalue weighted by atomic mass is 10.2. The van der Waals surface area contributed by atoms with Crippen LogP contribution in [0.15, 0.2) is 48.9 Å². The van der Waals surface area contributed by atoms with E-state index in [1.54, 1.807) is 12.5 Å². The van der Waals surface area contributed by atoms with Crippen molar-refractivity contribution in [3.8, 4) is 5.69 Å². The van der Waals surface area contributed by atoms with Crippen molar-refractivity contribution in [2.24, 2.45) is 0 Å². The summed E-state index contributed by atoms with van der Waals surface area (Å²) < 4.78 is 1.99. The molecule has 1 unspecified atom stereocenters. The molecular weight excluding hydrogens is 238 g/mol. The van der Waals surface area contributed by atoms with Crippen LogP contribution in [0.3, 0.4) is 0 Å². The van der Waals surface area contributed by atoms with E-state index in [4.69, 9.17) is 0 Å². The van der Waals surface area contributed by atoms with Gasteiger partial charge in [0.25, 0.3) is 0 Å². The predicted molar refractivity (Wildman–Crippen MR) is 74.1 cm³/mol. The molecule has 0 aliphatic heterocycles. The second-order valence-corrected chi connectivity index (χ2v) is 4.47. The maximum atomic E-state index is 9.74. The van der Waals surface area contributed by atoms with Crippen molar-refractivity contribution >= 4 is 11.0 Å². The quantitative estimate of drug-likeness (QED) is 0.780. The highest BCUT2D eigenvalue weighted by Crippen LogP contribution is 2.19. The number of imidazole rings is 1. The van der Waals surface area contributed by atoms with Crippen LogP contribution >= 0.6 is 0 Å². The van der Waals surface area contributed by atoms with Crippen LogP contribution in [-0.4, -0.2) is 19.6 Å². The first kappa shape index (κ1) is 11.9. The molecule has 3 rings (SSSR count). The molecule has 0 bridgehead atoms. The molecule has 2 heterocycles. The number of fused-ring (bicyclic) bond motifs is 1. The van der Waals surface area contributed by atoms with Crippen LogP contribution in [0.4, 0.5) is 0 Å². The monoisotopic (exact) mass is 253 g/mol. The van der Waals surface area contributed by atoms with Gasteiger partial charge in [-0.25, -0.2) is 4.98 Å². The van der Waals surface area contributed by atoms with E-state index >= 15 is 0 Å². The van der Waals surface area contributed by atoms with E-state index in [2.05, 4.69) is 9.97 Å². The van der Waals surface area contributed by atoms with Gasteiger partial charge in [-0.1, -0.05) is 19.1 Å². The first-order valence-electron chi connectivity index (χ1n) is 6.36. The largest absolute Gasteiger partial charge is 0.387 e. The Morgan fingerprint density at radius 2 is 2.00 bits per heavy atom. The van der Waals surface area contributed by atoms with Gasteiger partial charge in [-0.3, -0.25) is 9.55 Å². The van der Waals surface area contributed by atoms with Crippen molar-refractivity contribution < 1.29 is 5.11 Å². The minimum Gasteiger partial charge on any atom is -0.387 e. The average Bonchev–Trinajstić information content (AvgIpc) is 2.90. The standard InChI is InChI=1S/C15H15N3O/c1-2-15(19)13-8-7-11(9-16-13)18-10-17-12-5-3-4-6-14(12)18/h3-10,15,19H,2H2,1H3. The van der Waals surface area contributed by atoms with E-state index in [-0.39, 0.29) is 0 Å². The van der Waals surface area contributed by atoms with Gasteiger partial charge >= 0.3 is 0 Å². The second kappa shape index (κ2) is 4.82. The van der Waals surface area contributed by atoms with E-state index in [0.29, 0.717) is 12.1 Å². The lowest BCUT2D eigenvalue weighted by Crippen LogP contribution is -2.00. The average molecular weight is 253 g/mol. The Hall–Kier alpha value is -2.20. The molecule has 1 atom stereocenters. The highest BCUT2D eigenvalue weighted by atomic mass is 16.3. The highest BCUT2D eigenvalue weighted by molar-refractivity contribution is 5.77.